The predicted molar refractivity (Wildman–Crippen MR) is 72.9 cm³/mol. The number of esters is 1. The number of carbonyl (C=O) groups excluding carboxylic acids is 1. The van der Waals surface area contributed by atoms with Crippen LogP contribution in [0.2, 0.25) is 0 Å². The number of hydrogen-bond donors (Lipinski definition) is 0. The van der Waals surface area contributed by atoms with E-state index in [0.29, 0.717) is 10.7 Å². The third-order valence-corrected chi connectivity index (χ3v) is 3.65. The van der Waals surface area contributed by atoms with Gasteiger partial charge in [-0.2, -0.15) is 14.9 Å². The van der Waals surface area contributed by atoms with E-state index < -0.39 is 11.5 Å². The van der Waals surface area contributed by atoms with Gasteiger partial charge in [-0.05, 0) is 13.2 Å². The number of aryl methyl sites for hydroxylation is 1. The minimum absolute atomic E-state index is 0.00556. The van der Waals surface area contributed by atoms with Crippen molar-refractivity contribution in [3.8, 4) is 6.07 Å². The van der Waals surface area contributed by atoms with E-state index in [-0.39, 0.29) is 17.7 Å². The molecule has 0 aliphatic rings. The molecule has 7 nitrogen and oxygen atoms in total. The Kier molecular flexibility index (Phi) is 3.81. The van der Waals surface area contributed by atoms with Crippen LogP contribution in [0.3, 0.4) is 0 Å². The molecule has 2 heterocycles. The van der Waals surface area contributed by atoms with E-state index >= 15 is 0 Å². The maximum absolute atomic E-state index is 12.2. The normalized spacial score (nSPS) is 10.5. The Morgan fingerprint density at radius 2 is 2.30 bits per heavy atom. The highest BCUT2D eigenvalue weighted by Gasteiger charge is 2.22. The minimum atomic E-state index is -0.547. The molecule has 0 spiro atoms. The lowest BCUT2D eigenvalue weighted by Crippen LogP contribution is -2.23. The molecule has 0 aliphatic carbocycles. The number of aromatic nitrogens is 3. The maximum Gasteiger partial charge on any atom is 0.343 e. The molecule has 0 fully saturated rings. The zero-order valence-corrected chi connectivity index (χ0v) is 12.0. The van der Waals surface area contributed by atoms with Gasteiger partial charge in [-0.1, -0.05) is 0 Å². The molecular formula is C12H12N4O3S. The smallest absolute Gasteiger partial charge is 0.343 e. The van der Waals surface area contributed by atoms with Gasteiger partial charge >= 0.3 is 5.97 Å². The lowest BCUT2D eigenvalue weighted by Gasteiger charge is -2.11. The molecule has 0 bridgehead atoms. The van der Waals surface area contributed by atoms with Gasteiger partial charge in [-0.3, -0.25) is 4.79 Å². The van der Waals surface area contributed by atoms with Crippen LogP contribution in [0, 0.1) is 11.3 Å². The lowest BCUT2D eigenvalue weighted by atomic mass is 10.3. The summed E-state index contributed by atoms with van der Waals surface area (Å²) in [6.45, 7) is 1.93. The molecule has 0 atom stereocenters. The zero-order valence-electron chi connectivity index (χ0n) is 11.2. The van der Waals surface area contributed by atoms with Crippen molar-refractivity contribution < 1.29 is 9.53 Å². The fourth-order valence-corrected chi connectivity index (χ4v) is 2.66. The molecular weight excluding hydrogens is 280 g/mol. The van der Waals surface area contributed by atoms with Crippen molar-refractivity contribution in [2.24, 2.45) is 7.05 Å². The van der Waals surface area contributed by atoms with Gasteiger partial charge in [0.05, 0.1) is 17.8 Å². The number of hydrogen-bond acceptors (Lipinski definition) is 6. The molecule has 2 aromatic rings. The number of fused-ring (bicyclic) bond motifs is 1. The number of thioether (sulfide) groups is 1. The molecule has 8 heteroatoms. The molecule has 0 radical (unpaired) electrons. The average Bonchev–Trinajstić information content (AvgIpc) is 2.88. The second kappa shape index (κ2) is 5.38. The Balaban J connectivity index is 2.87. The first-order valence-corrected chi connectivity index (χ1v) is 7.01. The Hall–Kier alpha value is -2.27. The summed E-state index contributed by atoms with van der Waals surface area (Å²) in [5.74, 6) is -0.547. The molecule has 0 aromatic carbocycles. The quantitative estimate of drug-likeness (QED) is 0.472. The third kappa shape index (κ3) is 1.96. The Bertz CT molecular complexity index is 785. The molecule has 0 unspecified atom stereocenters. The summed E-state index contributed by atoms with van der Waals surface area (Å²) in [5, 5.41) is 13.5. The van der Waals surface area contributed by atoms with E-state index in [0.717, 1.165) is 4.52 Å². The van der Waals surface area contributed by atoms with Crippen molar-refractivity contribution in [2.75, 3.05) is 12.9 Å². The fraction of sp³-hybridized carbons (Fsp3) is 0.333. The van der Waals surface area contributed by atoms with Gasteiger partial charge < -0.3 is 9.30 Å². The van der Waals surface area contributed by atoms with Crippen molar-refractivity contribution in [3.05, 3.63) is 27.7 Å². The van der Waals surface area contributed by atoms with E-state index in [1.165, 1.54) is 18.0 Å². The summed E-state index contributed by atoms with van der Waals surface area (Å²) in [6.07, 6.45) is 3.03. The van der Waals surface area contributed by atoms with Crippen LogP contribution in [0.25, 0.3) is 5.65 Å². The standard InChI is InChI=1S/C12H12N4O3S/c1-4-19-12(18)8-6-14-16-9(8)15(2)11(20-3)7(5-13)10(16)17/h6H,4H2,1-3H3. The van der Waals surface area contributed by atoms with Gasteiger partial charge in [0, 0.05) is 7.05 Å². The number of carbonyl (C=O) groups is 1. The molecule has 0 N–H and O–H groups in total. The molecule has 0 amide bonds. The Morgan fingerprint density at radius 1 is 1.60 bits per heavy atom. The number of ether oxygens (including phenoxy) is 1. The van der Waals surface area contributed by atoms with E-state index in [1.807, 2.05) is 6.07 Å². The first-order chi connectivity index (χ1) is 9.56. The SMILES string of the molecule is CCOC(=O)c1cnn2c(=O)c(C#N)c(SC)n(C)c12. The van der Waals surface area contributed by atoms with Gasteiger partial charge in [0.25, 0.3) is 5.56 Å². The minimum Gasteiger partial charge on any atom is -0.462 e. The van der Waals surface area contributed by atoms with Crippen molar-refractivity contribution >= 4 is 23.4 Å². The van der Waals surface area contributed by atoms with Gasteiger partial charge in [0.1, 0.15) is 17.2 Å². The fourth-order valence-electron chi connectivity index (χ4n) is 1.96. The highest BCUT2D eigenvalue weighted by atomic mass is 32.2. The summed E-state index contributed by atoms with van der Waals surface area (Å²) in [5.41, 5.74) is -0.0189. The summed E-state index contributed by atoms with van der Waals surface area (Å²) in [4.78, 5) is 24.1. The average molecular weight is 292 g/mol. The van der Waals surface area contributed by atoms with Crippen LogP contribution in [0.1, 0.15) is 22.8 Å². The first-order valence-electron chi connectivity index (χ1n) is 5.78. The number of nitrogens with zero attached hydrogens (tertiary/aromatic N) is 4. The second-order valence-corrected chi connectivity index (χ2v) is 4.67. The van der Waals surface area contributed by atoms with Crippen LogP contribution in [0.5, 0.6) is 0 Å². The van der Waals surface area contributed by atoms with Crippen molar-refractivity contribution in [3.63, 3.8) is 0 Å². The summed E-state index contributed by atoms with van der Waals surface area (Å²) < 4.78 is 7.59. The highest BCUT2D eigenvalue weighted by molar-refractivity contribution is 7.98. The van der Waals surface area contributed by atoms with E-state index in [1.54, 1.807) is 24.8 Å². The molecule has 2 rings (SSSR count). The van der Waals surface area contributed by atoms with E-state index in [2.05, 4.69) is 5.10 Å². The van der Waals surface area contributed by atoms with Gasteiger partial charge in [0.15, 0.2) is 5.65 Å². The molecule has 0 aliphatic heterocycles. The molecule has 104 valence electrons. The Labute approximate surface area is 118 Å². The summed E-state index contributed by atoms with van der Waals surface area (Å²) in [6, 6.07) is 1.88. The third-order valence-electron chi connectivity index (χ3n) is 2.79. The highest BCUT2D eigenvalue weighted by Crippen LogP contribution is 2.20. The van der Waals surface area contributed by atoms with Crippen molar-refractivity contribution in [2.45, 2.75) is 11.9 Å². The maximum atomic E-state index is 12.2. The van der Waals surface area contributed by atoms with Crippen LogP contribution in [-0.2, 0) is 11.8 Å². The zero-order chi connectivity index (χ0) is 14.9. The van der Waals surface area contributed by atoms with Crippen LogP contribution in [0.15, 0.2) is 16.0 Å². The molecule has 20 heavy (non-hydrogen) atoms. The van der Waals surface area contributed by atoms with Crippen molar-refractivity contribution in [1.82, 2.24) is 14.2 Å². The largest absolute Gasteiger partial charge is 0.462 e. The van der Waals surface area contributed by atoms with Crippen molar-refractivity contribution in [1.29, 1.82) is 5.26 Å². The molecule has 2 aromatic heterocycles. The number of rotatable bonds is 3. The van der Waals surface area contributed by atoms with Crippen LogP contribution < -0.4 is 5.56 Å². The molecule has 0 saturated carbocycles. The van der Waals surface area contributed by atoms with Gasteiger partial charge in [0.2, 0.25) is 0 Å². The topological polar surface area (TPSA) is 89.4 Å². The predicted octanol–water partition coefficient (Wildman–Crippen LogP) is 0.803. The van der Waals surface area contributed by atoms with Gasteiger partial charge in [-0.15, -0.1) is 11.8 Å². The van der Waals surface area contributed by atoms with E-state index in [4.69, 9.17) is 10.00 Å². The van der Waals surface area contributed by atoms with Crippen LogP contribution in [-0.4, -0.2) is 33.0 Å². The van der Waals surface area contributed by atoms with Gasteiger partial charge in [-0.25, -0.2) is 4.79 Å². The lowest BCUT2D eigenvalue weighted by molar-refractivity contribution is 0.0528. The van der Waals surface area contributed by atoms with E-state index in [9.17, 15) is 9.59 Å². The monoisotopic (exact) mass is 292 g/mol. The van der Waals surface area contributed by atoms with Crippen LogP contribution >= 0.6 is 11.8 Å². The first kappa shape index (κ1) is 14.1. The molecule has 0 saturated heterocycles. The van der Waals surface area contributed by atoms with Crippen LogP contribution in [0.4, 0.5) is 0 Å². The Morgan fingerprint density at radius 3 is 2.85 bits per heavy atom. The summed E-state index contributed by atoms with van der Waals surface area (Å²) in [7, 11) is 1.67. The summed E-state index contributed by atoms with van der Waals surface area (Å²) >= 11 is 1.26. The second-order valence-electron chi connectivity index (χ2n) is 3.87. The number of nitriles is 1.